The maximum atomic E-state index is 7.07. The maximum Gasteiger partial charge on any atom is 0.261 e. The van der Waals surface area contributed by atoms with E-state index in [2.05, 4.69) is 96.4 Å². The summed E-state index contributed by atoms with van der Waals surface area (Å²) >= 11 is 0. The van der Waals surface area contributed by atoms with E-state index in [4.69, 9.17) is 14.9 Å². The molecular formula is C26H31N5O2Si. The number of hydrogen-bond acceptors (Lipinski definition) is 6. The Bertz CT molecular complexity index is 1220. The number of ether oxygens (including phenoxy) is 1. The molecule has 7 nitrogen and oxygen atoms in total. The predicted octanol–water partition coefficient (Wildman–Crippen LogP) is 3.66. The van der Waals surface area contributed by atoms with E-state index < -0.39 is 8.32 Å². The Morgan fingerprint density at radius 2 is 1.62 bits per heavy atom. The van der Waals surface area contributed by atoms with Gasteiger partial charge in [0.15, 0.2) is 11.5 Å². The van der Waals surface area contributed by atoms with E-state index in [0.29, 0.717) is 23.6 Å². The molecule has 1 fully saturated rings. The van der Waals surface area contributed by atoms with Crippen LogP contribution < -0.4 is 16.1 Å². The lowest BCUT2D eigenvalue weighted by molar-refractivity contribution is -0.0175. The number of nitrogens with two attached hydrogens (primary N) is 1. The fourth-order valence-corrected chi connectivity index (χ4v) is 9.67. The normalized spacial score (nSPS) is 19.0. The highest BCUT2D eigenvalue weighted by atomic mass is 28.4. The Labute approximate surface area is 201 Å². The smallest absolute Gasteiger partial charge is 0.261 e. The molecule has 0 unspecified atom stereocenters. The first-order chi connectivity index (χ1) is 16.4. The lowest BCUT2D eigenvalue weighted by Crippen LogP contribution is -2.67. The van der Waals surface area contributed by atoms with Crippen molar-refractivity contribution in [2.45, 2.75) is 51.0 Å². The van der Waals surface area contributed by atoms with Crippen LogP contribution in [0.25, 0.3) is 11.2 Å². The highest BCUT2D eigenvalue weighted by molar-refractivity contribution is 6.99. The number of aromatic nitrogens is 4. The number of rotatable bonds is 6. The summed E-state index contributed by atoms with van der Waals surface area (Å²) in [7, 11) is -2.59. The SMILES string of the molecule is CC(C)(C)[Si](OC[C@@H]1CC[C@H](n2cnc3c(N)ncnc32)O1)(c1ccccc1)c1ccccc1. The summed E-state index contributed by atoms with van der Waals surface area (Å²) in [5, 5.41) is 2.48. The van der Waals surface area contributed by atoms with E-state index in [1.54, 1.807) is 6.33 Å². The van der Waals surface area contributed by atoms with Gasteiger partial charge in [0.25, 0.3) is 8.32 Å². The van der Waals surface area contributed by atoms with Crippen molar-refractivity contribution in [1.29, 1.82) is 0 Å². The monoisotopic (exact) mass is 473 g/mol. The number of hydrogen-bond donors (Lipinski definition) is 1. The van der Waals surface area contributed by atoms with Gasteiger partial charge in [0.1, 0.15) is 18.1 Å². The maximum absolute atomic E-state index is 7.07. The molecule has 2 aromatic carbocycles. The largest absolute Gasteiger partial charge is 0.405 e. The molecule has 4 aromatic rings. The Balaban J connectivity index is 1.42. The van der Waals surface area contributed by atoms with Crippen LogP contribution in [0.2, 0.25) is 5.04 Å². The van der Waals surface area contributed by atoms with Crippen LogP contribution >= 0.6 is 0 Å². The van der Waals surface area contributed by atoms with E-state index in [-0.39, 0.29) is 17.4 Å². The molecule has 8 heteroatoms. The van der Waals surface area contributed by atoms with Crippen LogP contribution in [0.15, 0.2) is 73.3 Å². The third-order valence-corrected chi connectivity index (χ3v) is 11.7. The van der Waals surface area contributed by atoms with Gasteiger partial charge in [0.05, 0.1) is 19.0 Å². The number of nitrogen functional groups attached to an aromatic ring is 1. The van der Waals surface area contributed by atoms with Gasteiger partial charge in [0.2, 0.25) is 0 Å². The van der Waals surface area contributed by atoms with Crippen molar-refractivity contribution >= 4 is 35.7 Å². The molecule has 176 valence electrons. The van der Waals surface area contributed by atoms with Crippen LogP contribution in [0, 0.1) is 0 Å². The van der Waals surface area contributed by atoms with Gasteiger partial charge in [-0.05, 0) is 28.3 Å². The average molecular weight is 474 g/mol. The highest BCUT2D eigenvalue weighted by Crippen LogP contribution is 2.38. The van der Waals surface area contributed by atoms with Crippen LogP contribution in [-0.4, -0.2) is 40.5 Å². The number of fused-ring (bicyclic) bond motifs is 1. The molecule has 0 spiro atoms. The second-order valence-corrected chi connectivity index (χ2v) is 14.2. The van der Waals surface area contributed by atoms with Gasteiger partial charge in [-0.1, -0.05) is 81.4 Å². The van der Waals surface area contributed by atoms with Crippen LogP contribution in [0.1, 0.15) is 39.8 Å². The fraction of sp³-hybridized carbons (Fsp3) is 0.346. The van der Waals surface area contributed by atoms with Crippen molar-refractivity contribution in [3.8, 4) is 0 Å². The molecule has 3 heterocycles. The standard InChI is InChI=1S/C26H31N5O2Si/c1-26(2,3)34(20-10-6-4-7-11-20,21-12-8-5-9-13-21)32-16-19-14-15-22(33-19)31-18-30-23-24(27)28-17-29-25(23)31/h4-13,17-19,22H,14-16H2,1-3H3,(H2,27,28,29)/t19-,22+/m0/s1. The van der Waals surface area contributed by atoms with Gasteiger partial charge >= 0.3 is 0 Å². The number of imidazole rings is 1. The first kappa shape index (κ1) is 22.7. The number of anilines is 1. The van der Waals surface area contributed by atoms with Gasteiger partial charge in [-0.3, -0.25) is 4.57 Å². The molecule has 5 rings (SSSR count). The van der Waals surface area contributed by atoms with Crippen molar-refractivity contribution in [2.24, 2.45) is 0 Å². The second-order valence-electron chi connectivity index (χ2n) is 9.85. The lowest BCUT2D eigenvalue weighted by Gasteiger charge is -2.43. The van der Waals surface area contributed by atoms with Gasteiger partial charge in [-0.15, -0.1) is 0 Å². The average Bonchev–Trinajstić information content (AvgIpc) is 3.48. The van der Waals surface area contributed by atoms with Crippen molar-refractivity contribution < 1.29 is 9.16 Å². The highest BCUT2D eigenvalue weighted by Gasteiger charge is 2.50. The van der Waals surface area contributed by atoms with E-state index >= 15 is 0 Å². The summed E-state index contributed by atoms with van der Waals surface area (Å²) < 4.78 is 15.5. The van der Waals surface area contributed by atoms with Gasteiger partial charge in [-0.2, -0.15) is 0 Å². The first-order valence-corrected chi connectivity index (χ1v) is 13.6. The number of nitrogens with zero attached hydrogens (tertiary/aromatic N) is 4. The molecule has 0 aliphatic carbocycles. The summed E-state index contributed by atoms with van der Waals surface area (Å²) in [4.78, 5) is 12.8. The molecular weight excluding hydrogens is 442 g/mol. The number of benzene rings is 2. The molecule has 1 aliphatic rings. The lowest BCUT2D eigenvalue weighted by atomic mass is 10.2. The molecule has 1 aliphatic heterocycles. The summed E-state index contributed by atoms with van der Waals surface area (Å²) in [6.07, 6.45) is 4.82. The molecule has 2 N–H and O–H groups in total. The molecule has 0 amide bonds. The Kier molecular flexibility index (Phi) is 5.97. The quantitative estimate of drug-likeness (QED) is 0.430. The molecule has 1 saturated heterocycles. The van der Waals surface area contributed by atoms with Crippen molar-refractivity contribution in [2.75, 3.05) is 12.3 Å². The minimum absolute atomic E-state index is 0.0108. The van der Waals surface area contributed by atoms with Gasteiger partial charge < -0.3 is 14.9 Å². The van der Waals surface area contributed by atoms with Crippen molar-refractivity contribution in [3.05, 3.63) is 73.3 Å². The zero-order valence-corrected chi connectivity index (χ0v) is 20.9. The summed E-state index contributed by atoms with van der Waals surface area (Å²) in [6, 6.07) is 21.4. The van der Waals surface area contributed by atoms with Gasteiger partial charge in [0, 0.05) is 0 Å². The fourth-order valence-electron chi connectivity index (χ4n) is 5.07. The minimum Gasteiger partial charge on any atom is -0.405 e. The van der Waals surface area contributed by atoms with Crippen LogP contribution in [0.3, 0.4) is 0 Å². The van der Waals surface area contributed by atoms with Crippen LogP contribution in [0.4, 0.5) is 5.82 Å². The molecule has 0 radical (unpaired) electrons. The summed E-state index contributed by atoms with van der Waals surface area (Å²) in [5.74, 6) is 0.383. The molecule has 0 saturated carbocycles. The van der Waals surface area contributed by atoms with E-state index in [9.17, 15) is 0 Å². The van der Waals surface area contributed by atoms with Crippen molar-refractivity contribution in [1.82, 2.24) is 19.5 Å². The molecule has 34 heavy (non-hydrogen) atoms. The zero-order chi connectivity index (χ0) is 23.8. The van der Waals surface area contributed by atoms with Crippen molar-refractivity contribution in [3.63, 3.8) is 0 Å². The Morgan fingerprint density at radius 1 is 0.971 bits per heavy atom. The molecule has 2 aromatic heterocycles. The van der Waals surface area contributed by atoms with E-state index in [0.717, 1.165) is 12.8 Å². The second kappa shape index (κ2) is 8.94. The predicted molar refractivity (Wildman–Crippen MR) is 136 cm³/mol. The summed E-state index contributed by atoms with van der Waals surface area (Å²) in [5.41, 5.74) is 7.27. The third kappa shape index (κ3) is 3.91. The van der Waals surface area contributed by atoms with Gasteiger partial charge in [-0.25, -0.2) is 15.0 Å². The molecule has 2 atom stereocenters. The van der Waals surface area contributed by atoms with E-state index in [1.165, 1.54) is 16.7 Å². The Morgan fingerprint density at radius 3 is 2.24 bits per heavy atom. The topological polar surface area (TPSA) is 88.1 Å². The van der Waals surface area contributed by atoms with E-state index in [1.807, 2.05) is 4.57 Å². The first-order valence-electron chi connectivity index (χ1n) is 11.7. The van der Waals surface area contributed by atoms with Crippen LogP contribution in [0.5, 0.6) is 0 Å². The Hall–Kier alpha value is -3.07. The zero-order valence-electron chi connectivity index (χ0n) is 19.9. The third-order valence-electron chi connectivity index (χ3n) is 6.69. The summed E-state index contributed by atoms with van der Waals surface area (Å²) in [6.45, 7) is 7.41. The van der Waals surface area contributed by atoms with Crippen LogP contribution in [-0.2, 0) is 9.16 Å². The minimum atomic E-state index is -2.59. The molecule has 0 bridgehead atoms.